The maximum absolute atomic E-state index is 12.8. The van der Waals surface area contributed by atoms with Crippen LogP contribution < -0.4 is 10.0 Å². The van der Waals surface area contributed by atoms with Crippen molar-refractivity contribution in [1.29, 1.82) is 0 Å². The quantitative estimate of drug-likeness (QED) is 0.423. The van der Waals surface area contributed by atoms with Crippen molar-refractivity contribution >= 4 is 32.7 Å². The zero-order chi connectivity index (χ0) is 22.2. The number of rotatable bonds is 6. The summed E-state index contributed by atoms with van der Waals surface area (Å²) in [4.78, 5) is 20.5. The molecule has 4 rings (SSSR count). The van der Waals surface area contributed by atoms with Gasteiger partial charge in [0, 0.05) is 5.56 Å². The number of sulfonamides is 1. The van der Waals surface area contributed by atoms with Crippen molar-refractivity contribution in [2.45, 2.75) is 31.7 Å². The summed E-state index contributed by atoms with van der Waals surface area (Å²) in [6, 6.07) is 13.7. The highest BCUT2D eigenvalue weighted by Crippen LogP contribution is 2.27. The summed E-state index contributed by atoms with van der Waals surface area (Å²) in [5.41, 5.74) is 3.11. The normalized spacial score (nSPS) is 12.7. The Bertz CT molecular complexity index is 1320. The predicted octanol–water partition coefficient (Wildman–Crippen LogP) is 3.14. The molecule has 0 saturated heterocycles. The van der Waals surface area contributed by atoms with Gasteiger partial charge in [0.15, 0.2) is 5.76 Å². The van der Waals surface area contributed by atoms with Crippen LogP contribution in [0.4, 0.5) is 5.69 Å². The molecule has 0 aliphatic heterocycles. The van der Waals surface area contributed by atoms with E-state index in [0.717, 1.165) is 11.0 Å². The van der Waals surface area contributed by atoms with Crippen molar-refractivity contribution in [3.8, 4) is 11.4 Å². The zero-order valence-electron chi connectivity index (χ0n) is 17.1. The van der Waals surface area contributed by atoms with Gasteiger partial charge in [0.1, 0.15) is 16.4 Å². The molecular formula is C21H21N5O4S. The van der Waals surface area contributed by atoms with Gasteiger partial charge in [-0.2, -0.15) is 4.72 Å². The van der Waals surface area contributed by atoms with E-state index in [0.29, 0.717) is 17.1 Å². The van der Waals surface area contributed by atoms with Gasteiger partial charge >= 0.3 is 0 Å². The highest BCUT2D eigenvalue weighted by Gasteiger charge is 2.28. The summed E-state index contributed by atoms with van der Waals surface area (Å²) in [7, 11) is -3.98. The van der Waals surface area contributed by atoms with E-state index in [-0.39, 0.29) is 16.3 Å². The predicted molar refractivity (Wildman–Crippen MR) is 116 cm³/mol. The molecule has 0 aliphatic carbocycles. The molecule has 10 heteroatoms. The van der Waals surface area contributed by atoms with Crippen molar-refractivity contribution in [1.82, 2.24) is 19.8 Å². The Hall–Kier alpha value is -3.50. The zero-order valence-corrected chi connectivity index (χ0v) is 17.9. The minimum atomic E-state index is -3.98. The van der Waals surface area contributed by atoms with E-state index in [1.165, 1.54) is 20.8 Å². The molecule has 3 N–H and O–H groups in total. The van der Waals surface area contributed by atoms with Gasteiger partial charge in [-0.3, -0.25) is 4.79 Å². The molecule has 1 amide bonds. The Labute approximate surface area is 178 Å². The van der Waals surface area contributed by atoms with Gasteiger partial charge in [-0.05, 0) is 45.0 Å². The molecule has 0 radical (unpaired) electrons. The monoisotopic (exact) mass is 439 g/mol. The molecule has 2 heterocycles. The molecule has 4 aromatic rings. The molecule has 0 spiro atoms. The lowest BCUT2D eigenvalue weighted by Gasteiger charge is -2.15. The summed E-state index contributed by atoms with van der Waals surface area (Å²) < 4.78 is 32.7. The van der Waals surface area contributed by atoms with Crippen molar-refractivity contribution in [3.05, 3.63) is 60.0 Å². The Balaban J connectivity index is 1.56. The SMILES string of the molecule is Cc1noc(C)c1S(=O)(=O)N[C@@H](C)C(=O)Nc1ccccc1-c1nc2ccccc2[nH]1. The van der Waals surface area contributed by atoms with E-state index in [9.17, 15) is 13.2 Å². The van der Waals surface area contributed by atoms with Gasteiger partial charge in [0.05, 0.1) is 22.8 Å². The number of para-hydroxylation sites is 3. The molecule has 160 valence electrons. The number of hydrogen-bond donors (Lipinski definition) is 3. The average Bonchev–Trinajstić information content (AvgIpc) is 3.31. The lowest BCUT2D eigenvalue weighted by molar-refractivity contribution is -0.117. The fraction of sp³-hybridized carbons (Fsp3) is 0.190. The first kappa shape index (κ1) is 20.8. The van der Waals surface area contributed by atoms with E-state index >= 15 is 0 Å². The molecule has 2 aromatic carbocycles. The molecule has 9 nitrogen and oxygen atoms in total. The molecule has 0 saturated carbocycles. The Morgan fingerprint density at radius 1 is 1.10 bits per heavy atom. The summed E-state index contributed by atoms with van der Waals surface area (Å²) >= 11 is 0. The van der Waals surface area contributed by atoms with Crippen LogP contribution in [-0.4, -0.2) is 35.5 Å². The fourth-order valence-corrected chi connectivity index (χ4v) is 4.86. The number of H-pyrrole nitrogens is 1. The molecule has 0 fully saturated rings. The summed E-state index contributed by atoms with van der Waals surface area (Å²) in [6.07, 6.45) is 0. The van der Waals surface area contributed by atoms with Gasteiger partial charge in [-0.25, -0.2) is 13.4 Å². The van der Waals surface area contributed by atoms with Crippen LogP contribution in [0.3, 0.4) is 0 Å². The number of aromatic nitrogens is 3. The number of imidazole rings is 1. The lowest BCUT2D eigenvalue weighted by Crippen LogP contribution is -2.41. The van der Waals surface area contributed by atoms with Crippen LogP contribution in [0.25, 0.3) is 22.4 Å². The number of anilines is 1. The first-order valence-corrected chi connectivity index (χ1v) is 11.0. The number of benzene rings is 2. The molecule has 1 atom stereocenters. The Kier molecular flexibility index (Phi) is 5.34. The van der Waals surface area contributed by atoms with Gasteiger partial charge in [-0.1, -0.05) is 29.4 Å². The van der Waals surface area contributed by atoms with Crippen LogP contribution >= 0.6 is 0 Å². The van der Waals surface area contributed by atoms with Crippen molar-refractivity contribution in [2.24, 2.45) is 0 Å². The second-order valence-corrected chi connectivity index (χ2v) is 8.78. The van der Waals surface area contributed by atoms with Crippen LogP contribution in [0.15, 0.2) is 57.9 Å². The summed E-state index contributed by atoms with van der Waals surface area (Å²) in [5.74, 6) is 0.243. The summed E-state index contributed by atoms with van der Waals surface area (Å²) in [6.45, 7) is 4.50. The third kappa shape index (κ3) is 4.07. The van der Waals surface area contributed by atoms with Crippen molar-refractivity contribution in [2.75, 3.05) is 5.32 Å². The first-order valence-electron chi connectivity index (χ1n) is 9.56. The largest absolute Gasteiger partial charge is 0.360 e. The standard InChI is InChI=1S/C21H21N5O4S/c1-12-19(14(3)30-25-12)31(28,29)26-13(2)21(27)24-16-9-5-4-8-15(16)20-22-17-10-6-7-11-18(17)23-20/h4-11,13,26H,1-3H3,(H,22,23)(H,24,27)/t13-/m0/s1. The second kappa shape index (κ2) is 7.97. The van der Waals surface area contributed by atoms with E-state index in [2.05, 4.69) is 25.2 Å². The number of carbonyl (C=O) groups excluding carboxylic acids is 1. The number of carbonyl (C=O) groups is 1. The van der Waals surface area contributed by atoms with Gasteiger partial charge in [0.25, 0.3) is 0 Å². The topological polar surface area (TPSA) is 130 Å². The van der Waals surface area contributed by atoms with Crippen LogP contribution in [0.1, 0.15) is 18.4 Å². The van der Waals surface area contributed by atoms with Crippen molar-refractivity contribution in [3.63, 3.8) is 0 Å². The maximum Gasteiger partial charge on any atom is 0.246 e. The smallest absolute Gasteiger partial charge is 0.246 e. The minimum Gasteiger partial charge on any atom is -0.360 e. The third-order valence-corrected chi connectivity index (χ3v) is 6.58. The van der Waals surface area contributed by atoms with E-state index in [4.69, 9.17) is 4.52 Å². The number of hydrogen-bond acceptors (Lipinski definition) is 6. The summed E-state index contributed by atoms with van der Waals surface area (Å²) in [5, 5.41) is 6.45. The number of fused-ring (bicyclic) bond motifs is 1. The number of nitrogens with zero attached hydrogens (tertiary/aromatic N) is 2. The van der Waals surface area contributed by atoms with Crippen molar-refractivity contribution < 1.29 is 17.7 Å². The van der Waals surface area contributed by atoms with E-state index in [1.807, 2.05) is 36.4 Å². The van der Waals surface area contributed by atoms with E-state index < -0.39 is 22.0 Å². The van der Waals surface area contributed by atoms with Crippen LogP contribution in [-0.2, 0) is 14.8 Å². The maximum atomic E-state index is 12.8. The molecule has 0 unspecified atom stereocenters. The molecular weight excluding hydrogens is 418 g/mol. The van der Waals surface area contributed by atoms with Gasteiger partial charge in [-0.15, -0.1) is 0 Å². The first-order chi connectivity index (χ1) is 14.8. The van der Waals surface area contributed by atoms with Gasteiger partial charge < -0.3 is 14.8 Å². The van der Waals surface area contributed by atoms with Crippen LogP contribution in [0.2, 0.25) is 0 Å². The molecule has 2 aromatic heterocycles. The molecule has 0 aliphatic rings. The minimum absolute atomic E-state index is 0.0603. The number of aryl methyl sites for hydroxylation is 2. The third-order valence-electron chi connectivity index (χ3n) is 4.79. The molecule has 31 heavy (non-hydrogen) atoms. The Morgan fingerprint density at radius 3 is 2.52 bits per heavy atom. The second-order valence-electron chi connectivity index (χ2n) is 7.13. The van der Waals surface area contributed by atoms with Crippen LogP contribution in [0, 0.1) is 13.8 Å². The van der Waals surface area contributed by atoms with E-state index in [1.54, 1.807) is 12.1 Å². The fourth-order valence-electron chi connectivity index (χ4n) is 3.32. The highest BCUT2D eigenvalue weighted by atomic mass is 32.2. The van der Waals surface area contributed by atoms with Crippen LogP contribution in [0.5, 0.6) is 0 Å². The highest BCUT2D eigenvalue weighted by molar-refractivity contribution is 7.89. The number of nitrogens with one attached hydrogen (secondary N) is 3. The van der Waals surface area contributed by atoms with Gasteiger partial charge in [0.2, 0.25) is 15.9 Å². The molecule has 0 bridgehead atoms. The Morgan fingerprint density at radius 2 is 1.81 bits per heavy atom. The lowest BCUT2D eigenvalue weighted by atomic mass is 10.1. The number of amides is 1. The number of aromatic amines is 1. The average molecular weight is 439 g/mol.